The molecule has 1 aromatic heterocycles. The van der Waals surface area contributed by atoms with Gasteiger partial charge in [-0.2, -0.15) is 4.98 Å². The van der Waals surface area contributed by atoms with Crippen LogP contribution in [0.3, 0.4) is 0 Å². The van der Waals surface area contributed by atoms with Crippen LogP contribution in [0.15, 0.2) is 30.3 Å². The van der Waals surface area contributed by atoms with Gasteiger partial charge in [0.25, 0.3) is 0 Å². The van der Waals surface area contributed by atoms with Gasteiger partial charge in [-0.05, 0) is 44.2 Å². The largest absolute Gasteiger partial charge is 0.351 e. The highest BCUT2D eigenvalue weighted by atomic mass is 15.2. The van der Waals surface area contributed by atoms with Crippen molar-refractivity contribution in [1.29, 1.82) is 0 Å². The molecular formula is C21H28N4. The smallest absolute Gasteiger partial charge is 0.225 e. The van der Waals surface area contributed by atoms with Crippen LogP contribution in [0.2, 0.25) is 0 Å². The van der Waals surface area contributed by atoms with E-state index in [2.05, 4.69) is 52.5 Å². The van der Waals surface area contributed by atoms with Crippen molar-refractivity contribution in [2.75, 3.05) is 16.8 Å². The third-order valence-corrected chi connectivity index (χ3v) is 5.42. The monoisotopic (exact) mass is 336 g/mol. The summed E-state index contributed by atoms with van der Waals surface area (Å²) in [7, 11) is 0. The number of para-hydroxylation sites is 1. The van der Waals surface area contributed by atoms with Gasteiger partial charge in [0, 0.05) is 30.0 Å². The standard InChI is InChI=1S/C21H28N4/c1-16-15-20(25-14-8-10-17-9-6-7-13-19(17)25)24-21(22-16)23-18-11-4-2-3-5-12-18/h6-7,9,13,15,18H,2-5,8,10-12,14H2,1H3,(H,22,23,24). The normalized spacial score (nSPS) is 18.5. The molecule has 0 bridgehead atoms. The van der Waals surface area contributed by atoms with E-state index in [0.717, 1.165) is 30.4 Å². The molecule has 0 amide bonds. The molecule has 132 valence electrons. The van der Waals surface area contributed by atoms with Crippen LogP contribution in [-0.4, -0.2) is 22.6 Å². The highest BCUT2D eigenvalue weighted by Crippen LogP contribution is 2.33. The van der Waals surface area contributed by atoms with Gasteiger partial charge < -0.3 is 10.2 Å². The van der Waals surface area contributed by atoms with Crippen LogP contribution in [0, 0.1) is 6.92 Å². The van der Waals surface area contributed by atoms with Crippen molar-refractivity contribution in [3.8, 4) is 0 Å². The van der Waals surface area contributed by atoms with Crippen LogP contribution in [0.4, 0.5) is 17.5 Å². The lowest BCUT2D eigenvalue weighted by molar-refractivity contribution is 0.614. The fraction of sp³-hybridized carbons (Fsp3) is 0.524. The second-order valence-corrected chi connectivity index (χ2v) is 7.41. The number of hydrogen-bond donors (Lipinski definition) is 1. The third-order valence-electron chi connectivity index (χ3n) is 5.42. The van der Waals surface area contributed by atoms with Crippen LogP contribution in [0.25, 0.3) is 0 Å². The van der Waals surface area contributed by atoms with Crippen molar-refractivity contribution in [3.05, 3.63) is 41.6 Å². The summed E-state index contributed by atoms with van der Waals surface area (Å²) in [5.74, 6) is 1.82. The molecule has 2 aromatic rings. The van der Waals surface area contributed by atoms with Gasteiger partial charge >= 0.3 is 0 Å². The topological polar surface area (TPSA) is 41.1 Å². The predicted molar refractivity (Wildman–Crippen MR) is 104 cm³/mol. The molecule has 25 heavy (non-hydrogen) atoms. The van der Waals surface area contributed by atoms with Crippen molar-refractivity contribution in [3.63, 3.8) is 0 Å². The molecule has 0 unspecified atom stereocenters. The maximum Gasteiger partial charge on any atom is 0.225 e. The summed E-state index contributed by atoms with van der Waals surface area (Å²) in [6.07, 6.45) is 10.2. The summed E-state index contributed by atoms with van der Waals surface area (Å²) in [6, 6.07) is 11.3. The first-order chi connectivity index (χ1) is 12.3. The number of benzene rings is 1. The van der Waals surface area contributed by atoms with Gasteiger partial charge in [-0.25, -0.2) is 4.98 Å². The van der Waals surface area contributed by atoms with E-state index in [1.165, 1.54) is 56.2 Å². The van der Waals surface area contributed by atoms with E-state index < -0.39 is 0 Å². The van der Waals surface area contributed by atoms with Gasteiger partial charge in [-0.15, -0.1) is 0 Å². The Kier molecular flexibility index (Phi) is 4.86. The molecule has 1 N–H and O–H groups in total. The summed E-state index contributed by atoms with van der Waals surface area (Å²) in [4.78, 5) is 11.9. The SMILES string of the molecule is Cc1cc(N2CCCc3ccccc32)nc(NC2CCCCCC2)n1. The lowest BCUT2D eigenvalue weighted by Crippen LogP contribution is -2.26. The van der Waals surface area contributed by atoms with Crippen LogP contribution >= 0.6 is 0 Å². The summed E-state index contributed by atoms with van der Waals surface area (Å²) in [5.41, 5.74) is 3.75. The van der Waals surface area contributed by atoms with Crippen molar-refractivity contribution in [2.24, 2.45) is 0 Å². The Balaban J connectivity index is 1.60. The number of aryl methyl sites for hydroxylation is 2. The minimum atomic E-state index is 0.519. The predicted octanol–water partition coefficient (Wildman–Crippen LogP) is 5.00. The average Bonchev–Trinajstić information content (AvgIpc) is 2.89. The molecule has 1 aromatic carbocycles. The van der Waals surface area contributed by atoms with E-state index in [1.54, 1.807) is 0 Å². The molecular weight excluding hydrogens is 308 g/mol. The number of nitrogens with one attached hydrogen (secondary N) is 1. The number of fused-ring (bicyclic) bond motifs is 1. The second kappa shape index (κ2) is 7.42. The first-order valence-electron chi connectivity index (χ1n) is 9.77. The summed E-state index contributed by atoms with van der Waals surface area (Å²) >= 11 is 0. The van der Waals surface area contributed by atoms with E-state index in [9.17, 15) is 0 Å². The molecule has 0 atom stereocenters. The zero-order valence-corrected chi connectivity index (χ0v) is 15.2. The van der Waals surface area contributed by atoms with Gasteiger partial charge in [0.15, 0.2) is 0 Å². The van der Waals surface area contributed by atoms with E-state index in [4.69, 9.17) is 4.98 Å². The number of nitrogens with zero attached hydrogens (tertiary/aromatic N) is 3. The van der Waals surface area contributed by atoms with Crippen LogP contribution in [0.5, 0.6) is 0 Å². The summed E-state index contributed by atoms with van der Waals surface area (Å²) in [5, 5.41) is 3.62. The van der Waals surface area contributed by atoms with Crippen molar-refractivity contribution in [2.45, 2.75) is 64.3 Å². The van der Waals surface area contributed by atoms with Crippen molar-refractivity contribution >= 4 is 17.5 Å². The van der Waals surface area contributed by atoms with E-state index in [0.29, 0.717) is 6.04 Å². The number of rotatable bonds is 3. The summed E-state index contributed by atoms with van der Waals surface area (Å²) < 4.78 is 0. The fourth-order valence-corrected chi connectivity index (χ4v) is 4.13. The molecule has 1 aliphatic heterocycles. The van der Waals surface area contributed by atoms with Crippen LogP contribution in [-0.2, 0) is 6.42 Å². The van der Waals surface area contributed by atoms with Crippen molar-refractivity contribution in [1.82, 2.24) is 9.97 Å². The summed E-state index contributed by atoms with van der Waals surface area (Å²) in [6.45, 7) is 3.09. The lowest BCUT2D eigenvalue weighted by atomic mass is 10.0. The van der Waals surface area contributed by atoms with Gasteiger partial charge in [0.2, 0.25) is 5.95 Å². The quantitative estimate of drug-likeness (QED) is 0.801. The Morgan fingerprint density at radius 3 is 2.64 bits per heavy atom. The van der Waals surface area contributed by atoms with E-state index >= 15 is 0 Å². The Morgan fingerprint density at radius 2 is 1.80 bits per heavy atom. The Morgan fingerprint density at radius 1 is 1.00 bits per heavy atom. The first kappa shape index (κ1) is 16.4. The molecule has 4 heteroatoms. The molecule has 1 saturated carbocycles. The highest BCUT2D eigenvalue weighted by Gasteiger charge is 2.20. The molecule has 0 saturated heterocycles. The highest BCUT2D eigenvalue weighted by molar-refractivity contribution is 5.66. The molecule has 2 aliphatic rings. The van der Waals surface area contributed by atoms with E-state index in [1.807, 2.05) is 0 Å². The second-order valence-electron chi connectivity index (χ2n) is 7.41. The fourth-order valence-electron chi connectivity index (χ4n) is 4.13. The average molecular weight is 336 g/mol. The Labute approximate surface area is 150 Å². The maximum atomic E-state index is 4.88. The third kappa shape index (κ3) is 3.78. The first-order valence-corrected chi connectivity index (χ1v) is 9.77. The molecule has 0 spiro atoms. The molecule has 0 radical (unpaired) electrons. The van der Waals surface area contributed by atoms with Gasteiger partial charge in [0.1, 0.15) is 5.82 Å². The number of aromatic nitrogens is 2. The minimum Gasteiger partial charge on any atom is -0.351 e. The van der Waals surface area contributed by atoms with Gasteiger partial charge in [-0.3, -0.25) is 0 Å². The van der Waals surface area contributed by atoms with Crippen LogP contribution in [0.1, 0.15) is 56.2 Å². The number of hydrogen-bond acceptors (Lipinski definition) is 4. The molecule has 4 rings (SSSR count). The minimum absolute atomic E-state index is 0.519. The maximum absolute atomic E-state index is 4.88. The lowest BCUT2D eigenvalue weighted by Gasteiger charge is -2.31. The van der Waals surface area contributed by atoms with Crippen molar-refractivity contribution < 1.29 is 0 Å². The number of anilines is 3. The molecule has 1 fully saturated rings. The Hall–Kier alpha value is -2.10. The van der Waals surface area contributed by atoms with E-state index in [-0.39, 0.29) is 0 Å². The van der Waals surface area contributed by atoms with Crippen LogP contribution < -0.4 is 10.2 Å². The van der Waals surface area contributed by atoms with Gasteiger partial charge in [0.05, 0.1) is 0 Å². The zero-order valence-electron chi connectivity index (χ0n) is 15.2. The molecule has 1 aliphatic carbocycles. The molecule has 4 nitrogen and oxygen atoms in total. The zero-order chi connectivity index (χ0) is 17.1. The van der Waals surface area contributed by atoms with Gasteiger partial charge in [-0.1, -0.05) is 43.9 Å². The molecule has 2 heterocycles. The Bertz CT molecular complexity index is 720.